The first kappa shape index (κ1) is 7.00. The van der Waals surface area contributed by atoms with E-state index in [0.29, 0.717) is 0 Å². The van der Waals surface area contributed by atoms with Gasteiger partial charge in [-0.2, -0.15) is 0 Å². The van der Waals surface area contributed by atoms with E-state index in [-0.39, 0.29) is 7.43 Å². The summed E-state index contributed by atoms with van der Waals surface area (Å²) < 4.78 is 0. The third-order valence-corrected chi connectivity index (χ3v) is 1.32. The number of rotatable bonds is 0. The van der Waals surface area contributed by atoms with Crippen molar-refractivity contribution in [1.29, 1.82) is 0 Å². The third-order valence-electron chi connectivity index (χ3n) is 1.32. The van der Waals surface area contributed by atoms with E-state index in [1.54, 1.807) is 0 Å². The van der Waals surface area contributed by atoms with Crippen LogP contribution in [-0.4, -0.2) is 0 Å². The Morgan fingerprint density at radius 3 is 1.57 bits per heavy atom. The van der Waals surface area contributed by atoms with E-state index in [1.165, 1.54) is 32.1 Å². The largest absolute Gasteiger partial charge is 0.0683 e. The zero-order valence-electron chi connectivity index (χ0n) is 5.11. The van der Waals surface area contributed by atoms with Crippen molar-refractivity contribution < 1.29 is 0 Å². The van der Waals surface area contributed by atoms with Gasteiger partial charge in [-0.1, -0.05) is 39.5 Å². The SMILES string of the molecule is [CH3].[CH]1CCCCC1. The molecule has 0 bridgehead atoms. The Balaban J connectivity index is 0.000000360. The summed E-state index contributed by atoms with van der Waals surface area (Å²) in [7, 11) is 0. The maximum atomic E-state index is 2.39. The van der Waals surface area contributed by atoms with Gasteiger partial charge in [-0.3, -0.25) is 0 Å². The predicted molar refractivity (Wildman–Crippen MR) is 33.8 cm³/mol. The van der Waals surface area contributed by atoms with Crippen LogP contribution in [0.3, 0.4) is 0 Å². The normalized spacial score (nSPS) is 20.6. The Morgan fingerprint density at radius 1 is 0.857 bits per heavy atom. The zero-order valence-corrected chi connectivity index (χ0v) is 5.11. The molecule has 0 heteroatoms. The molecule has 42 valence electrons. The van der Waals surface area contributed by atoms with Gasteiger partial charge in [0, 0.05) is 0 Å². The van der Waals surface area contributed by atoms with E-state index in [0.717, 1.165) is 0 Å². The maximum Gasteiger partial charge on any atom is -0.0386 e. The quantitative estimate of drug-likeness (QED) is 0.437. The molecule has 0 unspecified atom stereocenters. The van der Waals surface area contributed by atoms with E-state index in [4.69, 9.17) is 0 Å². The van der Waals surface area contributed by atoms with E-state index in [9.17, 15) is 0 Å². The molecule has 0 saturated heterocycles. The first-order valence-corrected chi connectivity index (χ1v) is 2.82. The molecular formula is C7H14. The Hall–Kier alpha value is 0. The highest BCUT2D eigenvalue weighted by atomic mass is 14.0. The van der Waals surface area contributed by atoms with Crippen molar-refractivity contribution >= 4 is 0 Å². The zero-order chi connectivity index (χ0) is 4.24. The van der Waals surface area contributed by atoms with Crippen molar-refractivity contribution in [3.05, 3.63) is 13.8 Å². The van der Waals surface area contributed by atoms with Gasteiger partial charge in [-0.25, -0.2) is 0 Å². The van der Waals surface area contributed by atoms with Crippen LogP contribution in [0.5, 0.6) is 0 Å². The Labute approximate surface area is 46.9 Å². The molecule has 0 N–H and O–H groups in total. The lowest BCUT2D eigenvalue weighted by Gasteiger charge is -2.05. The van der Waals surface area contributed by atoms with E-state index >= 15 is 0 Å². The lowest BCUT2D eigenvalue weighted by Crippen LogP contribution is -1.87. The standard InChI is InChI=1S/C6H11.CH3/c1-2-4-6-5-3-1;/h1H,2-6H2;1H3. The highest BCUT2D eigenvalue weighted by Gasteiger charge is 1.95. The van der Waals surface area contributed by atoms with Crippen molar-refractivity contribution in [2.24, 2.45) is 0 Å². The fourth-order valence-electron chi connectivity index (χ4n) is 0.898. The van der Waals surface area contributed by atoms with Gasteiger partial charge in [0.25, 0.3) is 0 Å². The molecule has 0 aromatic carbocycles. The van der Waals surface area contributed by atoms with Gasteiger partial charge in [-0.05, 0) is 6.42 Å². The molecule has 0 amide bonds. The minimum atomic E-state index is 0. The topological polar surface area (TPSA) is 0 Å². The number of hydrogen-bond donors (Lipinski definition) is 0. The second kappa shape index (κ2) is 4.17. The van der Waals surface area contributed by atoms with Crippen LogP contribution < -0.4 is 0 Å². The second-order valence-corrected chi connectivity index (χ2v) is 1.93. The first-order chi connectivity index (χ1) is 3.00. The van der Waals surface area contributed by atoms with Crippen LogP contribution in [0.4, 0.5) is 0 Å². The molecule has 1 saturated carbocycles. The van der Waals surface area contributed by atoms with Crippen molar-refractivity contribution in [3.63, 3.8) is 0 Å². The highest BCUT2D eigenvalue weighted by Crippen LogP contribution is 2.14. The number of hydrogen-bond acceptors (Lipinski definition) is 0. The van der Waals surface area contributed by atoms with E-state index in [1.807, 2.05) is 0 Å². The molecule has 0 spiro atoms. The summed E-state index contributed by atoms with van der Waals surface area (Å²) in [4.78, 5) is 0. The van der Waals surface area contributed by atoms with E-state index < -0.39 is 0 Å². The molecule has 1 fully saturated rings. The lowest BCUT2D eigenvalue weighted by molar-refractivity contribution is 0.593. The average Bonchev–Trinajstić information content (AvgIpc) is 1.72. The molecule has 0 aliphatic heterocycles. The summed E-state index contributed by atoms with van der Waals surface area (Å²) >= 11 is 0. The average molecular weight is 98.2 g/mol. The molecule has 0 atom stereocenters. The summed E-state index contributed by atoms with van der Waals surface area (Å²) in [6.45, 7) is 0. The second-order valence-electron chi connectivity index (χ2n) is 1.93. The Morgan fingerprint density at radius 2 is 1.43 bits per heavy atom. The van der Waals surface area contributed by atoms with Crippen LogP contribution in [-0.2, 0) is 0 Å². The fourth-order valence-corrected chi connectivity index (χ4v) is 0.898. The third kappa shape index (κ3) is 2.67. The Kier molecular flexibility index (Phi) is 4.17. The molecule has 0 aromatic heterocycles. The predicted octanol–water partition coefficient (Wildman–Crippen LogP) is 2.61. The monoisotopic (exact) mass is 98.1 g/mol. The summed E-state index contributed by atoms with van der Waals surface area (Å²) in [6.07, 6.45) is 9.50. The summed E-state index contributed by atoms with van der Waals surface area (Å²) in [6, 6.07) is 0. The van der Waals surface area contributed by atoms with Crippen LogP contribution in [0.25, 0.3) is 0 Å². The van der Waals surface area contributed by atoms with Gasteiger partial charge < -0.3 is 0 Å². The Bertz CT molecular complexity index is 15.5. The van der Waals surface area contributed by atoms with Crippen LogP contribution in [0.1, 0.15) is 32.1 Å². The first-order valence-electron chi connectivity index (χ1n) is 2.82. The fraction of sp³-hybridized carbons (Fsp3) is 0.714. The molecule has 1 rings (SSSR count). The summed E-state index contributed by atoms with van der Waals surface area (Å²) in [5, 5.41) is 0. The van der Waals surface area contributed by atoms with E-state index in [2.05, 4.69) is 6.42 Å². The molecule has 1 aliphatic carbocycles. The van der Waals surface area contributed by atoms with Crippen LogP contribution >= 0.6 is 0 Å². The van der Waals surface area contributed by atoms with Gasteiger partial charge in [-0.15, -0.1) is 0 Å². The molecule has 7 heavy (non-hydrogen) atoms. The van der Waals surface area contributed by atoms with Crippen molar-refractivity contribution in [2.45, 2.75) is 32.1 Å². The summed E-state index contributed by atoms with van der Waals surface area (Å²) in [5.74, 6) is 0. The molecule has 0 aromatic rings. The van der Waals surface area contributed by atoms with Crippen molar-refractivity contribution in [2.75, 3.05) is 0 Å². The molecular weight excluding hydrogens is 84.1 g/mol. The lowest BCUT2D eigenvalue weighted by atomic mass is 10.0. The van der Waals surface area contributed by atoms with Gasteiger partial charge in [0.1, 0.15) is 0 Å². The van der Waals surface area contributed by atoms with Crippen molar-refractivity contribution in [3.8, 4) is 0 Å². The van der Waals surface area contributed by atoms with Gasteiger partial charge in [0.15, 0.2) is 0 Å². The minimum Gasteiger partial charge on any atom is -0.0683 e. The van der Waals surface area contributed by atoms with Crippen LogP contribution in [0.2, 0.25) is 0 Å². The molecule has 0 heterocycles. The smallest absolute Gasteiger partial charge is 0.0386 e. The molecule has 1 aliphatic rings. The summed E-state index contributed by atoms with van der Waals surface area (Å²) in [5.41, 5.74) is 0. The minimum absolute atomic E-state index is 0. The molecule has 0 nitrogen and oxygen atoms in total. The van der Waals surface area contributed by atoms with Gasteiger partial charge in [0.2, 0.25) is 0 Å². The van der Waals surface area contributed by atoms with Crippen molar-refractivity contribution in [1.82, 2.24) is 0 Å². The molecule has 2 radical (unpaired) electrons. The van der Waals surface area contributed by atoms with Gasteiger partial charge in [0.05, 0.1) is 0 Å². The van der Waals surface area contributed by atoms with Crippen LogP contribution in [0, 0.1) is 13.8 Å². The van der Waals surface area contributed by atoms with Gasteiger partial charge >= 0.3 is 0 Å². The highest BCUT2D eigenvalue weighted by molar-refractivity contribution is 4.69. The van der Waals surface area contributed by atoms with Crippen LogP contribution in [0.15, 0.2) is 0 Å². The maximum absolute atomic E-state index is 2.39.